The fourth-order valence-electron chi connectivity index (χ4n) is 6.71. The molecule has 1 aromatic heterocycles. The number of aliphatic hydroxyl groups excluding tert-OH is 3. The maximum atomic E-state index is 14.1. The molecular formula is C42H44FN3O7S. The Kier molecular flexibility index (Phi) is 12.5. The number of thiazole rings is 1. The van der Waals surface area contributed by atoms with E-state index in [9.17, 15) is 34.4 Å². The summed E-state index contributed by atoms with van der Waals surface area (Å²) < 4.78 is 20.0. The van der Waals surface area contributed by atoms with Gasteiger partial charge >= 0.3 is 0 Å². The molecule has 4 aromatic carbocycles. The van der Waals surface area contributed by atoms with E-state index in [1.54, 1.807) is 10.3 Å². The number of aryl methyl sites for hydroxylation is 3. The summed E-state index contributed by atoms with van der Waals surface area (Å²) in [7, 11) is 0. The van der Waals surface area contributed by atoms with Crippen molar-refractivity contribution in [2.24, 2.45) is 11.7 Å². The summed E-state index contributed by atoms with van der Waals surface area (Å²) in [5.41, 5.74) is 8.75. The largest absolute Gasteiger partial charge is 0.489 e. The first-order chi connectivity index (χ1) is 26.1. The van der Waals surface area contributed by atoms with Crippen LogP contribution < -0.4 is 15.4 Å². The monoisotopic (exact) mass is 753 g/mol. The van der Waals surface area contributed by atoms with Crippen LogP contribution in [0.1, 0.15) is 74.7 Å². The SMILES string of the molecule is NC(=O)c1csc(CCc2ccc(N3C(=O)[C@H](CC[C@H](O)c4ccc(F)cc4)[C@H]3c3cc(CCC(O)(CO)CO)ccc3OCc3ccccc3)cc2)n1. The quantitative estimate of drug-likeness (QED) is 0.0721. The molecule has 1 saturated heterocycles. The second kappa shape index (κ2) is 17.4. The lowest BCUT2D eigenvalue weighted by Crippen LogP contribution is -2.55. The molecule has 0 unspecified atom stereocenters. The summed E-state index contributed by atoms with van der Waals surface area (Å²) in [4.78, 5) is 31.6. The Hall–Kier alpha value is -4.98. The van der Waals surface area contributed by atoms with Crippen molar-refractivity contribution in [3.8, 4) is 5.75 Å². The fourth-order valence-corrected chi connectivity index (χ4v) is 7.50. The number of hydrogen-bond donors (Lipinski definition) is 5. The Morgan fingerprint density at radius 2 is 1.63 bits per heavy atom. The summed E-state index contributed by atoms with van der Waals surface area (Å²) in [5, 5.41) is 43.5. The highest BCUT2D eigenvalue weighted by Gasteiger charge is 2.49. The minimum atomic E-state index is -1.65. The van der Waals surface area contributed by atoms with E-state index in [0.717, 1.165) is 27.3 Å². The van der Waals surface area contributed by atoms with E-state index in [1.807, 2.05) is 72.8 Å². The van der Waals surface area contributed by atoms with Gasteiger partial charge in [-0.2, -0.15) is 0 Å². The first-order valence-corrected chi connectivity index (χ1v) is 18.8. The highest BCUT2D eigenvalue weighted by Crippen LogP contribution is 2.49. The van der Waals surface area contributed by atoms with Crippen molar-refractivity contribution >= 4 is 28.8 Å². The molecule has 12 heteroatoms. The Morgan fingerprint density at radius 3 is 2.30 bits per heavy atom. The van der Waals surface area contributed by atoms with Gasteiger partial charge in [-0.05, 0) is 90.8 Å². The first kappa shape index (κ1) is 38.7. The van der Waals surface area contributed by atoms with E-state index in [4.69, 9.17) is 10.5 Å². The summed E-state index contributed by atoms with van der Waals surface area (Å²) in [6, 6.07) is 28.3. The summed E-state index contributed by atoms with van der Waals surface area (Å²) >= 11 is 1.38. The van der Waals surface area contributed by atoms with E-state index in [1.165, 1.54) is 35.6 Å². The number of aliphatic hydroxyl groups is 4. The lowest BCUT2D eigenvalue weighted by molar-refractivity contribution is -0.131. The van der Waals surface area contributed by atoms with Gasteiger partial charge in [-0.15, -0.1) is 11.3 Å². The zero-order valence-electron chi connectivity index (χ0n) is 29.7. The molecule has 5 aromatic rings. The minimum Gasteiger partial charge on any atom is -0.489 e. The molecule has 282 valence electrons. The predicted octanol–water partition coefficient (Wildman–Crippen LogP) is 5.61. The normalized spacial score (nSPS) is 16.2. The van der Waals surface area contributed by atoms with E-state index in [0.29, 0.717) is 42.7 Å². The van der Waals surface area contributed by atoms with Gasteiger partial charge in [0.05, 0.1) is 36.3 Å². The van der Waals surface area contributed by atoms with Gasteiger partial charge in [0.25, 0.3) is 5.91 Å². The van der Waals surface area contributed by atoms with Gasteiger partial charge in [0.15, 0.2) is 0 Å². The number of amides is 2. The van der Waals surface area contributed by atoms with Crippen molar-refractivity contribution in [3.63, 3.8) is 0 Å². The number of carbonyl (C=O) groups is 2. The predicted molar refractivity (Wildman–Crippen MR) is 203 cm³/mol. The van der Waals surface area contributed by atoms with Crippen LogP contribution in [0.15, 0.2) is 102 Å². The number of primary amides is 1. The number of ether oxygens (including phenoxy) is 1. The third-order valence-corrected chi connectivity index (χ3v) is 10.9. The van der Waals surface area contributed by atoms with Crippen molar-refractivity contribution in [3.05, 3.63) is 147 Å². The van der Waals surface area contributed by atoms with Crippen LogP contribution in [0.4, 0.5) is 10.1 Å². The highest BCUT2D eigenvalue weighted by molar-refractivity contribution is 7.09. The van der Waals surface area contributed by atoms with E-state index >= 15 is 0 Å². The van der Waals surface area contributed by atoms with Crippen molar-refractivity contribution in [1.29, 1.82) is 0 Å². The molecule has 10 nitrogen and oxygen atoms in total. The second-order valence-electron chi connectivity index (χ2n) is 13.7. The molecule has 6 N–H and O–H groups in total. The minimum absolute atomic E-state index is 0.108. The average Bonchev–Trinajstić information content (AvgIpc) is 3.68. The van der Waals surface area contributed by atoms with Crippen LogP contribution in [0.2, 0.25) is 0 Å². The van der Waals surface area contributed by atoms with Crippen LogP contribution in [0.3, 0.4) is 0 Å². The zero-order valence-corrected chi connectivity index (χ0v) is 30.5. The molecule has 0 saturated carbocycles. The molecule has 0 radical (unpaired) electrons. The molecule has 0 bridgehead atoms. The van der Waals surface area contributed by atoms with Crippen molar-refractivity contribution < 1.29 is 39.1 Å². The number of anilines is 1. The summed E-state index contributed by atoms with van der Waals surface area (Å²) in [5.74, 6) is -1.03. The van der Waals surface area contributed by atoms with Gasteiger partial charge < -0.3 is 35.8 Å². The van der Waals surface area contributed by atoms with E-state index < -0.39 is 48.6 Å². The second-order valence-corrected chi connectivity index (χ2v) is 14.7. The lowest BCUT2D eigenvalue weighted by Gasteiger charge is -2.48. The highest BCUT2D eigenvalue weighted by atomic mass is 32.1. The topological polar surface area (TPSA) is 166 Å². The van der Waals surface area contributed by atoms with Gasteiger partial charge in [0.1, 0.15) is 29.5 Å². The number of carbonyl (C=O) groups excluding carboxylic acids is 2. The molecule has 1 fully saturated rings. The van der Waals surface area contributed by atoms with Crippen molar-refractivity contribution in [1.82, 2.24) is 4.98 Å². The van der Waals surface area contributed by atoms with Crippen molar-refractivity contribution in [2.75, 3.05) is 18.1 Å². The standard InChI is InChI=1S/C42H44FN3O7S/c43-31-12-10-30(11-13-31)36(49)17-16-33-39(46(41(33)51)32-14-6-27(7-15-32)9-19-38-45-35(24-54-38)40(44)50)34-22-28(20-21-42(52,25-47)26-48)8-18-37(34)53-23-29-4-2-1-3-5-29/h1-8,10-15,18,22,24,33,36,39,47-49,52H,9,16-17,19-21,23,25-26H2,(H2,44,50)/t33-,36+,39+/m1/s1. The smallest absolute Gasteiger partial charge is 0.268 e. The van der Waals surface area contributed by atoms with Gasteiger partial charge in [-0.1, -0.05) is 60.7 Å². The molecule has 54 heavy (non-hydrogen) atoms. The number of β-lactam (4-membered cyclic amide) rings is 1. The van der Waals surface area contributed by atoms with Crippen LogP contribution in [-0.4, -0.2) is 56.0 Å². The molecule has 6 rings (SSSR count). The first-order valence-electron chi connectivity index (χ1n) is 17.9. The van der Waals surface area contributed by atoms with Gasteiger partial charge in [-0.25, -0.2) is 9.37 Å². The Morgan fingerprint density at radius 1 is 0.926 bits per heavy atom. The Bertz CT molecular complexity index is 2020. The maximum Gasteiger partial charge on any atom is 0.268 e. The molecule has 0 aliphatic carbocycles. The van der Waals surface area contributed by atoms with E-state index in [-0.39, 0.29) is 31.0 Å². The van der Waals surface area contributed by atoms with Crippen molar-refractivity contribution in [2.45, 2.75) is 62.9 Å². The maximum absolute atomic E-state index is 14.1. The summed E-state index contributed by atoms with van der Waals surface area (Å²) in [6.07, 6.45) is 1.44. The molecular weight excluding hydrogens is 710 g/mol. The van der Waals surface area contributed by atoms with Crippen LogP contribution in [0.5, 0.6) is 5.75 Å². The van der Waals surface area contributed by atoms with Crippen LogP contribution >= 0.6 is 11.3 Å². The van der Waals surface area contributed by atoms with E-state index in [2.05, 4.69) is 4.98 Å². The van der Waals surface area contributed by atoms with Gasteiger partial charge in [-0.3, -0.25) is 9.59 Å². The van der Waals surface area contributed by atoms with Gasteiger partial charge in [0.2, 0.25) is 5.91 Å². The fraction of sp³-hybridized carbons (Fsp3) is 0.310. The molecule has 1 aliphatic rings. The Balaban J connectivity index is 1.30. The molecule has 2 heterocycles. The van der Waals surface area contributed by atoms with Gasteiger partial charge in [0, 0.05) is 23.1 Å². The Labute approximate surface area is 317 Å². The third-order valence-electron chi connectivity index (χ3n) is 9.96. The molecule has 0 spiro atoms. The number of rotatable bonds is 18. The lowest BCUT2D eigenvalue weighted by atomic mass is 9.77. The van der Waals surface area contributed by atoms with Crippen LogP contribution in [0, 0.1) is 11.7 Å². The number of hydrogen-bond acceptors (Lipinski definition) is 9. The van der Waals surface area contributed by atoms with Crippen LogP contribution in [-0.2, 0) is 30.7 Å². The zero-order chi connectivity index (χ0) is 38.2. The summed E-state index contributed by atoms with van der Waals surface area (Å²) in [6.45, 7) is -0.899. The van der Waals surface area contributed by atoms with Crippen LogP contribution in [0.25, 0.3) is 0 Å². The third kappa shape index (κ3) is 9.20. The number of aromatic nitrogens is 1. The number of halogens is 1. The number of nitrogens with zero attached hydrogens (tertiary/aromatic N) is 2. The number of nitrogens with two attached hydrogens (primary N) is 1. The molecule has 1 aliphatic heterocycles. The average molecular weight is 754 g/mol. The molecule has 2 amide bonds. The number of benzene rings is 4. The molecule has 3 atom stereocenters.